The van der Waals surface area contributed by atoms with Gasteiger partial charge in [-0.2, -0.15) is 11.8 Å². The zero-order valence-electron chi connectivity index (χ0n) is 17.7. The molecule has 29 heavy (non-hydrogen) atoms. The molecular weight excluding hydrogens is 394 g/mol. The fourth-order valence-electron chi connectivity index (χ4n) is 3.60. The second-order valence-corrected chi connectivity index (χ2v) is 10.3. The fraction of sp³-hybridized carbons (Fsp3) is 0.850. The van der Waals surface area contributed by atoms with E-state index in [9.17, 15) is 14.4 Å². The van der Waals surface area contributed by atoms with Crippen LogP contribution in [-0.4, -0.2) is 64.7 Å². The van der Waals surface area contributed by atoms with Crippen molar-refractivity contribution < 1.29 is 23.9 Å². The molecule has 3 aliphatic rings. The summed E-state index contributed by atoms with van der Waals surface area (Å²) in [6.45, 7) is 5.85. The highest BCUT2D eigenvalue weighted by Gasteiger charge is 2.40. The molecule has 2 aliphatic carbocycles. The zero-order chi connectivity index (χ0) is 21.2. The van der Waals surface area contributed by atoms with E-state index in [2.05, 4.69) is 10.9 Å². The summed E-state index contributed by atoms with van der Waals surface area (Å²) in [5.74, 6) is -0.710. The minimum absolute atomic E-state index is 0.131. The molecule has 8 nitrogen and oxygen atoms in total. The predicted molar refractivity (Wildman–Crippen MR) is 110 cm³/mol. The Bertz CT molecular complexity index is 628. The van der Waals surface area contributed by atoms with Gasteiger partial charge in [-0.3, -0.25) is 25.3 Å². The highest BCUT2D eigenvalue weighted by Crippen LogP contribution is 2.36. The van der Waals surface area contributed by atoms with Gasteiger partial charge in [0, 0.05) is 17.7 Å². The topological polar surface area (TPSA) is 97.0 Å². The molecule has 3 fully saturated rings. The van der Waals surface area contributed by atoms with Crippen LogP contribution >= 0.6 is 11.8 Å². The van der Waals surface area contributed by atoms with Crippen LogP contribution in [0.3, 0.4) is 0 Å². The van der Waals surface area contributed by atoms with E-state index in [0.29, 0.717) is 31.9 Å². The van der Waals surface area contributed by atoms with Gasteiger partial charge in [-0.25, -0.2) is 4.79 Å². The number of thioether (sulfide) groups is 1. The fourth-order valence-corrected chi connectivity index (χ4v) is 4.28. The second-order valence-electron chi connectivity index (χ2n) is 9.19. The number of hydrogen-bond acceptors (Lipinski definition) is 6. The Morgan fingerprint density at radius 1 is 0.966 bits per heavy atom. The monoisotopic (exact) mass is 427 g/mol. The zero-order valence-corrected chi connectivity index (χ0v) is 18.5. The number of nitrogens with zero attached hydrogens (tertiary/aromatic N) is 1. The van der Waals surface area contributed by atoms with Gasteiger partial charge < -0.3 is 9.47 Å². The standard InChI is InChI=1S/C20H33N3O5S/c1-20(2,3)28-19(26)23-11-15(29-4)7-8-16(23)18(25)22-21-17(24)12-9-14(10-12)27-13-5-6-13/h12-16H,5-11H2,1-4H3,(H,21,24)(H,22,25)/t12?,14?,15?,16-/m1/s1. The summed E-state index contributed by atoms with van der Waals surface area (Å²) in [7, 11) is 0. The first-order chi connectivity index (χ1) is 13.7. The molecule has 0 bridgehead atoms. The number of carbonyl (C=O) groups excluding carboxylic acids is 3. The molecule has 2 saturated carbocycles. The van der Waals surface area contributed by atoms with E-state index in [0.717, 1.165) is 19.3 Å². The molecule has 9 heteroatoms. The average molecular weight is 428 g/mol. The van der Waals surface area contributed by atoms with E-state index in [4.69, 9.17) is 9.47 Å². The largest absolute Gasteiger partial charge is 0.444 e. The molecule has 0 radical (unpaired) electrons. The van der Waals surface area contributed by atoms with Crippen molar-refractivity contribution in [3.63, 3.8) is 0 Å². The molecule has 0 spiro atoms. The predicted octanol–water partition coefficient (Wildman–Crippen LogP) is 2.22. The average Bonchev–Trinajstić information content (AvgIpc) is 3.44. The summed E-state index contributed by atoms with van der Waals surface area (Å²) in [6.07, 6.45) is 7.05. The van der Waals surface area contributed by atoms with Crippen LogP contribution in [0.15, 0.2) is 0 Å². The lowest BCUT2D eigenvalue weighted by Gasteiger charge is -2.39. The summed E-state index contributed by atoms with van der Waals surface area (Å²) in [5, 5.41) is 0.263. The smallest absolute Gasteiger partial charge is 0.411 e. The lowest BCUT2D eigenvalue weighted by atomic mass is 9.82. The Morgan fingerprint density at radius 3 is 2.21 bits per heavy atom. The maximum absolute atomic E-state index is 12.7. The third-order valence-electron chi connectivity index (χ3n) is 5.49. The summed E-state index contributed by atoms with van der Waals surface area (Å²) < 4.78 is 11.3. The Labute approximate surface area is 176 Å². The number of hydrazine groups is 1. The molecule has 0 aromatic carbocycles. The van der Waals surface area contributed by atoms with Gasteiger partial charge in [0.15, 0.2) is 0 Å². The first-order valence-electron chi connectivity index (χ1n) is 10.4. The van der Waals surface area contributed by atoms with Gasteiger partial charge in [-0.15, -0.1) is 0 Å². The van der Waals surface area contributed by atoms with Crippen LogP contribution in [0, 0.1) is 5.92 Å². The maximum atomic E-state index is 12.7. The van der Waals surface area contributed by atoms with Gasteiger partial charge >= 0.3 is 6.09 Å². The summed E-state index contributed by atoms with van der Waals surface area (Å²) in [5.41, 5.74) is 4.40. The van der Waals surface area contributed by atoms with Gasteiger partial charge in [0.1, 0.15) is 11.6 Å². The minimum Gasteiger partial charge on any atom is -0.444 e. The van der Waals surface area contributed by atoms with Crippen LogP contribution in [-0.2, 0) is 19.1 Å². The van der Waals surface area contributed by atoms with E-state index in [-0.39, 0.29) is 29.1 Å². The number of hydrogen-bond donors (Lipinski definition) is 2. The van der Waals surface area contributed by atoms with E-state index < -0.39 is 17.7 Å². The SMILES string of the molecule is CSC1CC[C@H](C(=O)NNC(=O)C2CC(OC3CC3)C2)N(C(=O)OC(C)(C)C)C1. The Hall–Kier alpha value is -1.48. The van der Waals surface area contributed by atoms with E-state index in [1.54, 1.807) is 32.5 Å². The number of amides is 3. The summed E-state index contributed by atoms with van der Waals surface area (Å²) >= 11 is 1.68. The van der Waals surface area contributed by atoms with Gasteiger partial charge in [0.25, 0.3) is 5.91 Å². The molecule has 0 aromatic heterocycles. The van der Waals surface area contributed by atoms with Crippen LogP contribution in [0.5, 0.6) is 0 Å². The molecule has 2 N–H and O–H groups in total. The van der Waals surface area contributed by atoms with Crippen molar-refractivity contribution in [3.8, 4) is 0 Å². The Kier molecular flexibility index (Phi) is 6.98. The summed E-state index contributed by atoms with van der Waals surface area (Å²) in [6, 6.07) is -0.652. The van der Waals surface area contributed by atoms with Crippen molar-refractivity contribution in [1.82, 2.24) is 15.8 Å². The van der Waals surface area contributed by atoms with Crippen LogP contribution in [0.4, 0.5) is 4.79 Å². The highest BCUT2D eigenvalue weighted by atomic mass is 32.2. The van der Waals surface area contributed by atoms with Crippen LogP contribution in [0.25, 0.3) is 0 Å². The highest BCUT2D eigenvalue weighted by molar-refractivity contribution is 7.99. The van der Waals surface area contributed by atoms with Gasteiger partial charge in [0.2, 0.25) is 5.91 Å². The van der Waals surface area contributed by atoms with Crippen LogP contribution < -0.4 is 10.9 Å². The number of nitrogens with one attached hydrogen (secondary N) is 2. The van der Waals surface area contributed by atoms with Crippen molar-refractivity contribution in [2.24, 2.45) is 5.92 Å². The molecule has 1 saturated heterocycles. The number of carbonyl (C=O) groups is 3. The van der Waals surface area contributed by atoms with Crippen molar-refractivity contribution >= 4 is 29.7 Å². The van der Waals surface area contributed by atoms with E-state index >= 15 is 0 Å². The molecule has 3 amide bonds. The first-order valence-corrected chi connectivity index (χ1v) is 11.7. The van der Waals surface area contributed by atoms with Gasteiger partial charge in [-0.05, 0) is 65.6 Å². The lowest BCUT2D eigenvalue weighted by Crippen LogP contribution is -2.59. The normalized spacial score (nSPS) is 29.6. The minimum atomic E-state index is -0.652. The van der Waals surface area contributed by atoms with Gasteiger partial charge in [0.05, 0.1) is 12.2 Å². The van der Waals surface area contributed by atoms with Crippen LogP contribution in [0.2, 0.25) is 0 Å². The Balaban J connectivity index is 1.49. The van der Waals surface area contributed by atoms with Crippen molar-refractivity contribution in [3.05, 3.63) is 0 Å². The Morgan fingerprint density at radius 2 is 1.62 bits per heavy atom. The molecule has 3 rings (SSSR count). The lowest BCUT2D eigenvalue weighted by molar-refractivity contribution is -0.139. The molecular formula is C20H33N3O5S. The van der Waals surface area contributed by atoms with Crippen molar-refractivity contribution in [2.75, 3.05) is 12.8 Å². The van der Waals surface area contributed by atoms with Crippen molar-refractivity contribution in [2.45, 2.75) is 88.4 Å². The summed E-state index contributed by atoms with van der Waals surface area (Å²) in [4.78, 5) is 39.1. The van der Waals surface area contributed by atoms with E-state index in [1.165, 1.54) is 4.90 Å². The van der Waals surface area contributed by atoms with Crippen LogP contribution in [0.1, 0.15) is 59.3 Å². The van der Waals surface area contributed by atoms with E-state index in [1.807, 2.05) is 6.26 Å². The number of likely N-dealkylation sites (tertiary alicyclic amines) is 1. The molecule has 1 unspecified atom stereocenters. The maximum Gasteiger partial charge on any atom is 0.411 e. The number of piperidine rings is 1. The molecule has 1 aliphatic heterocycles. The quantitative estimate of drug-likeness (QED) is 0.653. The first kappa shape index (κ1) is 22.2. The number of ether oxygens (including phenoxy) is 2. The molecule has 0 aromatic rings. The van der Waals surface area contributed by atoms with Gasteiger partial charge in [-0.1, -0.05) is 0 Å². The van der Waals surface area contributed by atoms with Crippen molar-refractivity contribution in [1.29, 1.82) is 0 Å². The third kappa shape index (κ3) is 6.25. The molecule has 2 atom stereocenters. The second kappa shape index (κ2) is 9.12. The molecule has 1 heterocycles. The third-order valence-corrected chi connectivity index (χ3v) is 6.54. The number of rotatable bonds is 5. The molecule has 164 valence electrons.